The normalized spacial score (nSPS) is 11.5. The number of amides is 1. The first-order chi connectivity index (χ1) is 13.2. The number of rotatable bonds is 4. The summed E-state index contributed by atoms with van der Waals surface area (Å²) in [6.07, 6.45) is -4.90. The van der Waals surface area contributed by atoms with Crippen molar-refractivity contribution in [1.29, 1.82) is 0 Å². The molecule has 0 radical (unpaired) electrons. The summed E-state index contributed by atoms with van der Waals surface area (Å²) >= 11 is 5.80. The topological polar surface area (TPSA) is 51.0 Å². The maximum Gasteiger partial charge on any atom is 0.435 e. The highest BCUT2D eigenvalue weighted by Crippen LogP contribution is 2.33. The van der Waals surface area contributed by atoms with E-state index in [2.05, 4.69) is 10.3 Å². The summed E-state index contributed by atoms with van der Waals surface area (Å²) in [4.78, 5) is 13.7. The first-order valence-corrected chi connectivity index (χ1v) is 8.33. The van der Waals surface area contributed by atoms with E-state index < -0.39 is 29.3 Å². The molecule has 0 fully saturated rings. The number of halogens is 5. The molecule has 5 nitrogen and oxygen atoms in total. The van der Waals surface area contributed by atoms with Gasteiger partial charge in [-0.25, -0.2) is 9.07 Å². The molecule has 1 aromatic heterocycles. The van der Waals surface area contributed by atoms with Gasteiger partial charge in [-0.15, -0.1) is 5.10 Å². The highest BCUT2D eigenvalue weighted by atomic mass is 35.5. The number of hydrogen-bond acceptors (Lipinski definition) is 3. The Kier molecular flexibility index (Phi) is 5.37. The molecule has 0 saturated carbocycles. The Morgan fingerprint density at radius 1 is 1.11 bits per heavy atom. The lowest BCUT2D eigenvalue weighted by molar-refractivity contribution is -0.143. The van der Waals surface area contributed by atoms with Crippen LogP contribution in [0.4, 0.5) is 17.6 Å². The molecule has 0 bridgehead atoms. The van der Waals surface area contributed by atoms with Crippen molar-refractivity contribution < 1.29 is 22.4 Å². The van der Waals surface area contributed by atoms with Crippen LogP contribution in [0.3, 0.4) is 0 Å². The van der Waals surface area contributed by atoms with Crippen molar-refractivity contribution in [1.82, 2.24) is 19.9 Å². The fraction of sp³-hybridized carbons (Fsp3) is 0.167. The van der Waals surface area contributed by atoms with Crippen molar-refractivity contribution in [2.75, 3.05) is 7.05 Å². The van der Waals surface area contributed by atoms with Crippen LogP contribution in [0.15, 0.2) is 48.5 Å². The van der Waals surface area contributed by atoms with E-state index in [1.54, 1.807) is 24.3 Å². The summed E-state index contributed by atoms with van der Waals surface area (Å²) < 4.78 is 54.5. The summed E-state index contributed by atoms with van der Waals surface area (Å²) in [6.45, 7) is 0.0523. The summed E-state index contributed by atoms with van der Waals surface area (Å²) in [5, 5.41) is 7.41. The molecule has 1 amide bonds. The van der Waals surface area contributed by atoms with Crippen molar-refractivity contribution in [2.24, 2.45) is 0 Å². The van der Waals surface area contributed by atoms with E-state index in [0.29, 0.717) is 15.3 Å². The van der Waals surface area contributed by atoms with E-state index in [0.717, 1.165) is 29.2 Å². The number of carbonyl (C=O) groups is 1. The second-order valence-electron chi connectivity index (χ2n) is 5.96. The molecule has 0 unspecified atom stereocenters. The third-order valence-corrected chi connectivity index (χ3v) is 4.14. The van der Waals surface area contributed by atoms with Crippen LogP contribution in [0.25, 0.3) is 5.69 Å². The first-order valence-electron chi connectivity index (χ1n) is 7.95. The van der Waals surface area contributed by atoms with Gasteiger partial charge in [-0.3, -0.25) is 4.79 Å². The lowest BCUT2D eigenvalue weighted by Crippen LogP contribution is -2.29. The van der Waals surface area contributed by atoms with Crippen molar-refractivity contribution in [3.8, 4) is 5.69 Å². The maximum absolute atomic E-state index is 13.6. The minimum absolute atomic E-state index is 0.0523. The standard InChI is InChI=1S/C18H13ClF4N4O/c1-26(10-11-2-4-12(19)5-3-11)17(28)15-16(18(21,22)23)27(25-24-15)14-8-6-13(20)7-9-14/h2-9H,10H2,1H3. The first kappa shape index (κ1) is 19.8. The van der Waals surface area contributed by atoms with Crippen molar-refractivity contribution in [3.63, 3.8) is 0 Å². The average Bonchev–Trinajstić information content (AvgIpc) is 3.09. The second kappa shape index (κ2) is 7.59. The zero-order valence-electron chi connectivity index (χ0n) is 14.4. The Labute approximate surface area is 162 Å². The van der Waals surface area contributed by atoms with Crippen LogP contribution in [-0.4, -0.2) is 32.8 Å². The monoisotopic (exact) mass is 412 g/mol. The average molecular weight is 413 g/mol. The van der Waals surface area contributed by atoms with Gasteiger partial charge in [-0.05, 0) is 42.0 Å². The van der Waals surface area contributed by atoms with Gasteiger partial charge >= 0.3 is 6.18 Å². The summed E-state index contributed by atoms with van der Waals surface area (Å²) in [6, 6.07) is 10.8. The second-order valence-corrected chi connectivity index (χ2v) is 6.40. The number of hydrogen-bond donors (Lipinski definition) is 0. The minimum Gasteiger partial charge on any atom is -0.336 e. The van der Waals surface area contributed by atoms with Gasteiger partial charge in [0.2, 0.25) is 0 Å². The van der Waals surface area contributed by atoms with Gasteiger partial charge in [0.1, 0.15) is 5.82 Å². The van der Waals surface area contributed by atoms with Gasteiger partial charge in [0.15, 0.2) is 11.4 Å². The Bertz CT molecular complexity index is 984. The Hall–Kier alpha value is -2.94. The fourth-order valence-corrected chi connectivity index (χ4v) is 2.69. The van der Waals surface area contributed by atoms with E-state index in [4.69, 9.17) is 11.6 Å². The molecule has 1 heterocycles. The lowest BCUT2D eigenvalue weighted by Gasteiger charge is -2.17. The SMILES string of the molecule is CN(Cc1ccc(Cl)cc1)C(=O)c1nnn(-c2ccc(F)cc2)c1C(F)(F)F. The van der Waals surface area contributed by atoms with Crippen LogP contribution in [0.5, 0.6) is 0 Å². The minimum atomic E-state index is -4.90. The number of carbonyl (C=O) groups excluding carboxylic acids is 1. The Morgan fingerprint density at radius 2 is 1.71 bits per heavy atom. The number of alkyl halides is 3. The lowest BCUT2D eigenvalue weighted by atomic mass is 10.2. The summed E-state index contributed by atoms with van der Waals surface area (Å²) in [5.74, 6) is -1.56. The fourth-order valence-electron chi connectivity index (χ4n) is 2.56. The molecular weight excluding hydrogens is 400 g/mol. The molecule has 10 heteroatoms. The van der Waals surface area contributed by atoms with Gasteiger partial charge in [-0.1, -0.05) is 28.9 Å². The molecule has 0 atom stereocenters. The van der Waals surface area contributed by atoms with Crippen molar-refractivity contribution in [2.45, 2.75) is 12.7 Å². The van der Waals surface area contributed by atoms with Crippen LogP contribution in [0.1, 0.15) is 21.7 Å². The molecule has 3 rings (SSSR count). The molecule has 28 heavy (non-hydrogen) atoms. The van der Waals surface area contributed by atoms with Gasteiger partial charge in [-0.2, -0.15) is 13.2 Å². The van der Waals surface area contributed by atoms with Crippen molar-refractivity contribution >= 4 is 17.5 Å². The predicted molar refractivity (Wildman–Crippen MR) is 93.6 cm³/mol. The molecular formula is C18H13ClF4N4O. The molecule has 0 N–H and O–H groups in total. The quantitative estimate of drug-likeness (QED) is 0.599. The molecule has 2 aromatic carbocycles. The van der Waals surface area contributed by atoms with E-state index in [-0.39, 0.29) is 12.2 Å². The van der Waals surface area contributed by atoms with Gasteiger partial charge in [0, 0.05) is 18.6 Å². The number of aromatic nitrogens is 3. The number of nitrogens with zero attached hydrogens (tertiary/aromatic N) is 4. The third kappa shape index (κ3) is 4.14. The van der Waals surface area contributed by atoms with Gasteiger partial charge in [0.25, 0.3) is 5.91 Å². The summed E-state index contributed by atoms with van der Waals surface area (Å²) in [7, 11) is 1.36. The van der Waals surface area contributed by atoms with Crippen LogP contribution < -0.4 is 0 Å². The molecule has 0 saturated heterocycles. The smallest absolute Gasteiger partial charge is 0.336 e. The van der Waals surface area contributed by atoms with Crippen LogP contribution in [-0.2, 0) is 12.7 Å². The van der Waals surface area contributed by atoms with Crippen LogP contribution in [0, 0.1) is 5.82 Å². The molecule has 0 aliphatic rings. The highest BCUT2D eigenvalue weighted by Gasteiger charge is 2.42. The molecule has 0 aliphatic heterocycles. The largest absolute Gasteiger partial charge is 0.435 e. The van der Waals surface area contributed by atoms with Gasteiger partial charge in [0.05, 0.1) is 5.69 Å². The number of benzene rings is 2. The van der Waals surface area contributed by atoms with Crippen molar-refractivity contribution in [3.05, 3.63) is 76.3 Å². The predicted octanol–water partition coefficient (Wildman–Crippen LogP) is 4.35. The Morgan fingerprint density at radius 3 is 2.29 bits per heavy atom. The highest BCUT2D eigenvalue weighted by molar-refractivity contribution is 6.30. The van der Waals surface area contributed by atoms with Crippen LogP contribution in [0.2, 0.25) is 5.02 Å². The molecule has 3 aromatic rings. The molecule has 0 aliphatic carbocycles. The van der Waals surface area contributed by atoms with E-state index in [9.17, 15) is 22.4 Å². The third-order valence-electron chi connectivity index (χ3n) is 3.89. The van der Waals surface area contributed by atoms with Gasteiger partial charge < -0.3 is 4.90 Å². The zero-order chi connectivity index (χ0) is 20.5. The van der Waals surface area contributed by atoms with E-state index in [1.807, 2.05) is 0 Å². The Balaban J connectivity index is 1.95. The zero-order valence-corrected chi connectivity index (χ0v) is 15.2. The molecule has 146 valence electrons. The molecule has 0 spiro atoms. The summed E-state index contributed by atoms with van der Waals surface area (Å²) in [5.41, 5.74) is -1.55. The maximum atomic E-state index is 13.6. The van der Waals surface area contributed by atoms with E-state index >= 15 is 0 Å². The van der Waals surface area contributed by atoms with Crippen LogP contribution >= 0.6 is 11.6 Å². The van der Waals surface area contributed by atoms with E-state index in [1.165, 1.54) is 7.05 Å².